The highest BCUT2D eigenvalue weighted by Gasteiger charge is 2.00. The van der Waals surface area contributed by atoms with Crippen LogP contribution in [0.25, 0.3) is 6.08 Å². The second-order valence-electron chi connectivity index (χ2n) is 4.40. The van der Waals surface area contributed by atoms with E-state index in [9.17, 15) is 4.79 Å². The van der Waals surface area contributed by atoms with Gasteiger partial charge in [-0.05, 0) is 32.7 Å². The first-order chi connectivity index (χ1) is 9.13. The van der Waals surface area contributed by atoms with E-state index in [1.54, 1.807) is 13.2 Å². The van der Waals surface area contributed by atoms with Gasteiger partial charge in [0, 0.05) is 18.2 Å². The molecule has 1 aromatic rings. The highest BCUT2D eigenvalue weighted by molar-refractivity contribution is 5.87. The summed E-state index contributed by atoms with van der Waals surface area (Å²) in [5.74, 6) is 0.406. The Labute approximate surface area is 126 Å². The molecule has 0 fully saturated rings. The summed E-state index contributed by atoms with van der Waals surface area (Å²) in [6.45, 7) is 1.34. The van der Waals surface area contributed by atoms with Gasteiger partial charge in [-0.3, -0.25) is 0 Å². The number of para-hydroxylation sites is 1. The van der Waals surface area contributed by atoms with Gasteiger partial charge in [0.05, 0.1) is 13.7 Å². The number of nitrogens with zero attached hydrogens (tertiary/aromatic N) is 1. The van der Waals surface area contributed by atoms with Gasteiger partial charge >= 0.3 is 5.97 Å². The predicted molar refractivity (Wildman–Crippen MR) is 83.4 cm³/mol. The van der Waals surface area contributed by atoms with Gasteiger partial charge < -0.3 is 14.4 Å². The van der Waals surface area contributed by atoms with Crippen LogP contribution in [0.2, 0.25) is 0 Å². The van der Waals surface area contributed by atoms with Crippen LogP contribution in [-0.2, 0) is 9.53 Å². The molecule has 0 aliphatic rings. The Bertz CT molecular complexity index is 433. The van der Waals surface area contributed by atoms with Gasteiger partial charge in [-0.1, -0.05) is 18.2 Å². The van der Waals surface area contributed by atoms with Crippen LogP contribution in [0.15, 0.2) is 30.3 Å². The molecule has 0 spiro atoms. The predicted octanol–water partition coefficient (Wildman–Crippen LogP) is 2.63. The quantitative estimate of drug-likeness (QED) is 0.441. The van der Waals surface area contributed by atoms with Crippen LogP contribution in [0, 0.1) is 0 Å². The summed E-state index contributed by atoms with van der Waals surface area (Å²) in [4.78, 5) is 13.6. The Morgan fingerprint density at radius 1 is 1.30 bits per heavy atom. The van der Waals surface area contributed by atoms with Gasteiger partial charge in [0.15, 0.2) is 0 Å². The van der Waals surface area contributed by atoms with Gasteiger partial charge in [-0.15, -0.1) is 12.4 Å². The Morgan fingerprint density at radius 2 is 2.00 bits per heavy atom. The number of rotatable bonds is 7. The fraction of sp³-hybridized carbons (Fsp3) is 0.400. The van der Waals surface area contributed by atoms with Gasteiger partial charge in [0.1, 0.15) is 5.75 Å². The molecule has 5 heteroatoms. The molecule has 1 rings (SSSR count). The lowest BCUT2D eigenvalue weighted by molar-refractivity contribution is -0.137. The van der Waals surface area contributed by atoms with E-state index in [0.29, 0.717) is 6.61 Å². The van der Waals surface area contributed by atoms with Crippen molar-refractivity contribution in [2.75, 3.05) is 34.4 Å². The van der Waals surface area contributed by atoms with Crippen molar-refractivity contribution in [1.29, 1.82) is 0 Å². The minimum atomic E-state index is -0.329. The number of carbonyl (C=O) groups is 1. The monoisotopic (exact) mass is 299 g/mol. The minimum Gasteiger partial charge on any atom is -0.496 e. The molecule has 112 valence electrons. The number of ether oxygens (including phenoxy) is 2. The topological polar surface area (TPSA) is 38.8 Å². The number of carbonyl (C=O) groups excluding carboxylic acids is 1. The first kappa shape index (κ1) is 18.5. The molecule has 0 unspecified atom stereocenters. The highest BCUT2D eigenvalue weighted by atomic mass is 35.5. The molecule has 4 nitrogen and oxygen atoms in total. The standard InChI is InChI=1S/C15H21NO3.ClH/c1-16(2)11-6-12-19-15(17)10-9-13-7-4-5-8-14(13)18-3;/h4-5,7-10H,6,11-12H2,1-3H3;1H/b10-9+;. The van der Waals surface area contributed by atoms with Crippen LogP contribution < -0.4 is 4.74 Å². The first-order valence-corrected chi connectivity index (χ1v) is 6.26. The second kappa shape index (κ2) is 10.3. The van der Waals surface area contributed by atoms with Gasteiger partial charge in [-0.25, -0.2) is 4.79 Å². The van der Waals surface area contributed by atoms with Crippen molar-refractivity contribution in [1.82, 2.24) is 4.90 Å². The maximum Gasteiger partial charge on any atom is 0.330 e. The zero-order valence-electron chi connectivity index (χ0n) is 12.2. The van der Waals surface area contributed by atoms with E-state index in [2.05, 4.69) is 4.90 Å². The molecule has 0 amide bonds. The summed E-state index contributed by atoms with van der Waals surface area (Å²) in [6, 6.07) is 7.51. The maximum absolute atomic E-state index is 11.5. The molecule has 0 aliphatic carbocycles. The lowest BCUT2D eigenvalue weighted by Crippen LogP contribution is -2.15. The number of benzene rings is 1. The molecule has 0 radical (unpaired) electrons. The lowest BCUT2D eigenvalue weighted by Gasteiger charge is -2.08. The summed E-state index contributed by atoms with van der Waals surface area (Å²) in [5, 5.41) is 0. The number of halogens is 1. The van der Waals surface area contributed by atoms with E-state index in [0.717, 1.165) is 24.3 Å². The summed E-state index contributed by atoms with van der Waals surface area (Å²) in [6.07, 6.45) is 3.96. The van der Waals surface area contributed by atoms with E-state index in [1.807, 2.05) is 38.4 Å². The molecule has 0 saturated heterocycles. The molecule has 0 heterocycles. The highest BCUT2D eigenvalue weighted by Crippen LogP contribution is 2.18. The number of methoxy groups -OCH3 is 1. The summed E-state index contributed by atoms with van der Waals surface area (Å²) in [7, 11) is 5.58. The SMILES string of the molecule is COc1ccccc1/C=C/C(=O)OCCCN(C)C.Cl. The van der Waals surface area contributed by atoms with Crippen LogP contribution in [0.4, 0.5) is 0 Å². The molecule has 0 bridgehead atoms. The van der Waals surface area contributed by atoms with E-state index in [4.69, 9.17) is 9.47 Å². The molecule has 0 N–H and O–H groups in total. The Kier molecular flexibility index (Phi) is 9.51. The number of hydrogen-bond donors (Lipinski definition) is 0. The summed E-state index contributed by atoms with van der Waals surface area (Å²) >= 11 is 0. The average Bonchev–Trinajstić information content (AvgIpc) is 2.41. The molecule has 0 aromatic heterocycles. The van der Waals surface area contributed by atoms with Crippen molar-refractivity contribution in [3.05, 3.63) is 35.9 Å². The van der Waals surface area contributed by atoms with Crippen molar-refractivity contribution < 1.29 is 14.3 Å². The molecule has 0 aliphatic heterocycles. The minimum absolute atomic E-state index is 0. The third kappa shape index (κ3) is 7.16. The van der Waals surface area contributed by atoms with Crippen molar-refractivity contribution >= 4 is 24.5 Å². The number of esters is 1. The van der Waals surface area contributed by atoms with Gasteiger partial charge in [-0.2, -0.15) is 0 Å². The van der Waals surface area contributed by atoms with Crippen LogP contribution in [0.3, 0.4) is 0 Å². The van der Waals surface area contributed by atoms with Crippen molar-refractivity contribution in [3.63, 3.8) is 0 Å². The van der Waals surface area contributed by atoms with Crippen molar-refractivity contribution in [2.45, 2.75) is 6.42 Å². The zero-order chi connectivity index (χ0) is 14.1. The Hall–Kier alpha value is -1.52. The maximum atomic E-state index is 11.5. The summed E-state index contributed by atoms with van der Waals surface area (Å²) < 4.78 is 10.3. The largest absolute Gasteiger partial charge is 0.496 e. The zero-order valence-corrected chi connectivity index (χ0v) is 13.0. The van der Waals surface area contributed by atoms with E-state index in [-0.39, 0.29) is 18.4 Å². The third-order valence-corrected chi connectivity index (χ3v) is 2.53. The third-order valence-electron chi connectivity index (χ3n) is 2.53. The Balaban J connectivity index is 0.00000361. The molecule has 0 atom stereocenters. The molecule has 1 aromatic carbocycles. The van der Waals surface area contributed by atoms with E-state index in [1.165, 1.54) is 6.08 Å². The van der Waals surface area contributed by atoms with E-state index >= 15 is 0 Å². The fourth-order valence-corrected chi connectivity index (χ4v) is 1.56. The normalized spacial score (nSPS) is 10.4. The smallest absolute Gasteiger partial charge is 0.330 e. The van der Waals surface area contributed by atoms with Gasteiger partial charge in [0.25, 0.3) is 0 Å². The Morgan fingerprint density at radius 3 is 2.65 bits per heavy atom. The van der Waals surface area contributed by atoms with Crippen molar-refractivity contribution in [3.8, 4) is 5.75 Å². The molecular weight excluding hydrogens is 278 g/mol. The molecular formula is C15H22ClNO3. The van der Waals surface area contributed by atoms with Crippen LogP contribution in [0.5, 0.6) is 5.75 Å². The van der Waals surface area contributed by atoms with Crippen LogP contribution in [-0.4, -0.2) is 45.2 Å². The lowest BCUT2D eigenvalue weighted by atomic mass is 10.2. The summed E-state index contributed by atoms with van der Waals surface area (Å²) in [5.41, 5.74) is 0.857. The van der Waals surface area contributed by atoms with Crippen LogP contribution in [0.1, 0.15) is 12.0 Å². The van der Waals surface area contributed by atoms with Crippen LogP contribution >= 0.6 is 12.4 Å². The average molecular weight is 300 g/mol. The fourth-order valence-electron chi connectivity index (χ4n) is 1.56. The van der Waals surface area contributed by atoms with Gasteiger partial charge in [0.2, 0.25) is 0 Å². The first-order valence-electron chi connectivity index (χ1n) is 6.26. The van der Waals surface area contributed by atoms with Crippen molar-refractivity contribution in [2.24, 2.45) is 0 Å². The molecule has 0 saturated carbocycles. The number of hydrogen-bond acceptors (Lipinski definition) is 4. The van der Waals surface area contributed by atoms with E-state index < -0.39 is 0 Å². The molecule has 20 heavy (non-hydrogen) atoms. The second-order valence-corrected chi connectivity index (χ2v) is 4.40.